The highest BCUT2D eigenvalue weighted by molar-refractivity contribution is 8.00. The van der Waals surface area contributed by atoms with Crippen molar-refractivity contribution in [2.24, 2.45) is 0 Å². The first-order valence-corrected chi connectivity index (χ1v) is 7.86. The van der Waals surface area contributed by atoms with E-state index >= 15 is 0 Å². The number of hydrogen-bond donors (Lipinski definition) is 2. The molecule has 0 aliphatic heterocycles. The lowest BCUT2D eigenvalue weighted by molar-refractivity contribution is -0.144. The molecular weight excluding hydrogens is 246 g/mol. The lowest BCUT2D eigenvalue weighted by atomic mass is 9.95. The summed E-state index contributed by atoms with van der Waals surface area (Å²) in [5.74, 6) is 0.403. The molecule has 1 aliphatic carbocycles. The molecule has 2 N–H and O–H groups in total. The van der Waals surface area contributed by atoms with Crippen LogP contribution in [0.3, 0.4) is 0 Å². The molecule has 1 aliphatic rings. The SMILES string of the molecule is CC(C)(C)SCCCCC(C)(NC1CC1)C(=O)O. The van der Waals surface area contributed by atoms with Crippen LogP contribution >= 0.6 is 11.8 Å². The molecule has 1 unspecified atom stereocenters. The quantitative estimate of drug-likeness (QED) is 0.666. The van der Waals surface area contributed by atoms with Gasteiger partial charge in [0, 0.05) is 10.8 Å². The topological polar surface area (TPSA) is 49.3 Å². The van der Waals surface area contributed by atoms with Crippen molar-refractivity contribution in [2.45, 2.75) is 76.1 Å². The Morgan fingerprint density at radius 3 is 2.33 bits per heavy atom. The fourth-order valence-corrected chi connectivity index (χ4v) is 2.84. The monoisotopic (exact) mass is 273 g/mol. The molecule has 0 bridgehead atoms. The lowest BCUT2D eigenvalue weighted by Crippen LogP contribution is -2.50. The molecule has 0 saturated heterocycles. The van der Waals surface area contributed by atoms with E-state index in [1.807, 2.05) is 18.7 Å². The van der Waals surface area contributed by atoms with Crippen LogP contribution in [-0.2, 0) is 4.79 Å². The largest absolute Gasteiger partial charge is 0.480 e. The Morgan fingerprint density at radius 1 is 1.28 bits per heavy atom. The maximum Gasteiger partial charge on any atom is 0.323 e. The zero-order valence-corrected chi connectivity index (χ0v) is 12.9. The van der Waals surface area contributed by atoms with Crippen LogP contribution in [0.25, 0.3) is 0 Å². The Labute approximate surface area is 115 Å². The highest BCUT2D eigenvalue weighted by Gasteiger charge is 2.37. The van der Waals surface area contributed by atoms with Gasteiger partial charge in [-0.15, -0.1) is 0 Å². The van der Waals surface area contributed by atoms with Gasteiger partial charge in [-0.25, -0.2) is 0 Å². The molecule has 0 heterocycles. The molecule has 4 heteroatoms. The van der Waals surface area contributed by atoms with Crippen molar-refractivity contribution in [1.29, 1.82) is 0 Å². The van der Waals surface area contributed by atoms with E-state index in [1.165, 1.54) is 0 Å². The van der Waals surface area contributed by atoms with Crippen LogP contribution in [0.2, 0.25) is 0 Å². The first-order valence-electron chi connectivity index (χ1n) is 6.88. The maximum absolute atomic E-state index is 11.3. The highest BCUT2D eigenvalue weighted by Crippen LogP contribution is 2.27. The lowest BCUT2D eigenvalue weighted by Gasteiger charge is -2.26. The van der Waals surface area contributed by atoms with Crippen molar-refractivity contribution in [3.63, 3.8) is 0 Å². The van der Waals surface area contributed by atoms with Crippen LogP contribution in [-0.4, -0.2) is 33.2 Å². The second kappa shape index (κ2) is 6.29. The van der Waals surface area contributed by atoms with Gasteiger partial charge >= 0.3 is 5.97 Å². The van der Waals surface area contributed by atoms with Gasteiger partial charge in [0.25, 0.3) is 0 Å². The maximum atomic E-state index is 11.3. The Balaban J connectivity index is 2.23. The third-order valence-electron chi connectivity index (χ3n) is 3.18. The molecule has 0 spiro atoms. The standard InChI is InChI=1S/C14H27NO2S/c1-13(2,3)18-10-6-5-9-14(4,12(16)17)15-11-7-8-11/h11,15H,5-10H2,1-4H3,(H,16,17). The summed E-state index contributed by atoms with van der Waals surface area (Å²) < 4.78 is 0.308. The number of nitrogens with one attached hydrogen (secondary N) is 1. The van der Waals surface area contributed by atoms with E-state index in [1.54, 1.807) is 0 Å². The number of unbranched alkanes of at least 4 members (excludes halogenated alkanes) is 1. The predicted octanol–water partition coefficient (Wildman–Crippen LogP) is 3.28. The number of carbonyl (C=O) groups is 1. The number of rotatable bonds is 8. The minimum absolute atomic E-state index is 0.308. The Hall–Kier alpha value is -0.220. The van der Waals surface area contributed by atoms with E-state index < -0.39 is 11.5 Å². The van der Waals surface area contributed by atoms with Gasteiger partial charge < -0.3 is 5.11 Å². The summed E-state index contributed by atoms with van der Waals surface area (Å²) >= 11 is 1.95. The Morgan fingerprint density at radius 2 is 1.89 bits per heavy atom. The van der Waals surface area contributed by atoms with Gasteiger partial charge in [-0.2, -0.15) is 11.8 Å². The van der Waals surface area contributed by atoms with Gasteiger partial charge in [0.15, 0.2) is 0 Å². The van der Waals surface area contributed by atoms with Crippen molar-refractivity contribution >= 4 is 17.7 Å². The Bertz CT molecular complexity index is 284. The zero-order chi connectivity index (χ0) is 13.8. The third kappa shape index (κ3) is 6.10. The molecule has 0 aromatic rings. The van der Waals surface area contributed by atoms with Crippen molar-refractivity contribution in [1.82, 2.24) is 5.32 Å². The first kappa shape index (κ1) is 15.8. The summed E-state index contributed by atoms with van der Waals surface area (Å²) in [5.41, 5.74) is -0.729. The molecule has 1 fully saturated rings. The average Bonchev–Trinajstić information content (AvgIpc) is 2.99. The first-order chi connectivity index (χ1) is 8.23. The average molecular weight is 273 g/mol. The smallest absolute Gasteiger partial charge is 0.323 e. The zero-order valence-electron chi connectivity index (χ0n) is 12.1. The fraction of sp³-hybridized carbons (Fsp3) is 0.929. The number of hydrogen-bond acceptors (Lipinski definition) is 3. The number of thioether (sulfide) groups is 1. The summed E-state index contributed by atoms with van der Waals surface area (Å²) in [4.78, 5) is 11.3. The van der Waals surface area contributed by atoms with Crippen LogP contribution in [0.15, 0.2) is 0 Å². The minimum atomic E-state index is -0.729. The molecule has 0 radical (unpaired) electrons. The van der Waals surface area contributed by atoms with E-state index in [2.05, 4.69) is 26.1 Å². The molecule has 1 atom stereocenters. The van der Waals surface area contributed by atoms with Gasteiger partial charge in [-0.05, 0) is 38.4 Å². The van der Waals surface area contributed by atoms with Crippen LogP contribution < -0.4 is 5.32 Å². The second-order valence-electron chi connectivity index (χ2n) is 6.47. The van der Waals surface area contributed by atoms with Crippen molar-refractivity contribution in [3.8, 4) is 0 Å². The van der Waals surface area contributed by atoms with Crippen LogP contribution in [0.1, 0.15) is 59.8 Å². The summed E-state index contributed by atoms with van der Waals surface area (Å²) in [5, 5.41) is 12.6. The predicted molar refractivity (Wildman–Crippen MR) is 78.3 cm³/mol. The second-order valence-corrected chi connectivity index (χ2v) is 8.40. The third-order valence-corrected chi connectivity index (χ3v) is 4.54. The fourth-order valence-electron chi connectivity index (χ4n) is 1.88. The van der Waals surface area contributed by atoms with E-state index in [9.17, 15) is 9.90 Å². The van der Waals surface area contributed by atoms with Gasteiger partial charge in [0.1, 0.15) is 5.54 Å². The molecule has 0 aromatic heterocycles. The molecule has 1 rings (SSSR count). The summed E-state index contributed by atoms with van der Waals surface area (Å²) in [6.07, 6.45) is 5.05. The van der Waals surface area contributed by atoms with Crippen LogP contribution in [0, 0.1) is 0 Å². The van der Waals surface area contributed by atoms with Gasteiger partial charge in [-0.3, -0.25) is 10.1 Å². The molecule has 106 valence electrons. The van der Waals surface area contributed by atoms with Gasteiger partial charge in [0.05, 0.1) is 0 Å². The number of carboxylic acids is 1. The summed E-state index contributed by atoms with van der Waals surface area (Å²) in [7, 11) is 0. The van der Waals surface area contributed by atoms with E-state index in [4.69, 9.17) is 0 Å². The van der Waals surface area contributed by atoms with Crippen molar-refractivity contribution < 1.29 is 9.90 Å². The molecule has 3 nitrogen and oxygen atoms in total. The number of carboxylic acid groups (broad SMARTS) is 1. The normalized spacial score (nSPS) is 19.6. The minimum Gasteiger partial charge on any atom is -0.480 e. The molecule has 0 aromatic carbocycles. The van der Waals surface area contributed by atoms with E-state index in [0.717, 1.165) is 37.9 Å². The van der Waals surface area contributed by atoms with Crippen molar-refractivity contribution in [3.05, 3.63) is 0 Å². The molecule has 0 amide bonds. The summed E-state index contributed by atoms with van der Waals surface area (Å²) in [6.45, 7) is 8.47. The molecular formula is C14H27NO2S. The van der Waals surface area contributed by atoms with Gasteiger partial charge in [-0.1, -0.05) is 27.2 Å². The van der Waals surface area contributed by atoms with E-state index in [0.29, 0.717) is 10.8 Å². The molecule has 1 saturated carbocycles. The van der Waals surface area contributed by atoms with Gasteiger partial charge in [0.2, 0.25) is 0 Å². The van der Waals surface area contributed by atoms with E-state index in [-0.39, 0.29) is 0 Å². The van der Waals surface area contributed by atoms with Crippen LogP contribution in [0.5, 0.6) is 0 Å². The molecule has 18 heavy (non-hydrogen) atoms. The van der Waals surface area contributed by atoms with Crippen LogP contribution in [0.4, 0.5) is 0 Å². The number of aliphatic carboxylic acids is 1. The summed E-state index contributed by atoms with van der Waals surface area (Å²) in [6, 6.07) is 0.440. The Kier molecular flexibility index (Phi) is 5.53. The highest BCUT2D eigenvalue weighted by atomic mass is 32.2. The van der Waals surface area contributed by atoms with Crippen molar-refractivity contribution in [2.75, 3.05) is 5.75 Å².